The minimum Gasteiger partial charge on any atom is -0.322 e. The van der Waals surface area contributed by atoms with E-state index in [9.17, 15) is 10.1 Å². The van der Waals surface area contributed by atoms with Crippen LogP contribution < -0.4 is 10.6 Å². The number of anilines is 3. The van der Waals surface area contributed by atoms with Crippen LogP contribution >= 0.6 is 0 Å². The molecule has 0 radical (unpaired) electrons. The average molecular weight is 380 g/mol. The number of aromatic nitrogens is 3. The summed E-state index contributed by atoms with van der Waals surface area (Å²) in [6.45, 7) is 1.79. The van der Waals surface area contributed by atoms with Gasteiger partial charge in [-0.2, -0.15) is 5.26 Å². The first kappa shape index (κ1) is 18.1. The molecule has 4 rings (SSSR count). The van der Waals surface area contributed by atoms with Crippen LogP contribution in [-0.2, 0) is 0 Å². The molecule has 2 N–H and O–H groups in total. The molecule has 7 heteroatoms. The van der Waals surface area contributed by atoms with Crippen molar-refractivity contribution >= 4 is 34.1 Å². The van der Waals surface area contributed by atoms with Crippen molar-refractivity contribution in [1.29, 1.82) is 5.26 Å². The van der Waals surface area contributed by atoms with Crippen molar-refractivity contribution in [2.24, 2.45) is 0 Å². The number of para-hydroxylation sites is 2. The number of rotatable bonds is 4. The summed E-state index contributed by atoms with van der Waals surface area (Å²) in [7, 11) is 0. The topological polar surface area (TPSA) is 104 Å². The van der Waals surface area contributed by atoms with Gasteiger partial charge in [-0.15, -0.1) is 0 Å². The smallest absolute Gasteiger partial charge is 0.274 e. The van der Waals surface area contributed by atoms with Gasteiger partial charge in [0.1, 0.15) is 11.8 Å². The number of amides is 1. The number of hydrogen-bond acceptors (Lipinski definition) is 6. The Morgan fingerprint density at radius 1 is 1.00 bits per heavy atom. The largest absolute Gasteiger partial charge is 0.322 e. The van der Waals surface area contributed by atoms with Crippen LogP contribution in [0, 0.1) is 18.3 Å². The average Bonchev–Trinajstić information content (AvgIpc) is 2.74. The van der Waals surface area contributed by atoms with E-state index in [0.717, 1.165) is 16.6 Å². The van der Waals surface area contributed by atoms with Crippen molar-refractivity contribution in [3.63, 3.8) is 0 Å². The van der Waals surface area contributed by atoms with E-state index in [0.29, 0.717) is 22.9 Å². The first-order chi connectivity index (χ1) is 14.1. The van der Waals surface area contributed by atoms with E-state index in [-0.39, 0.29) is 5.69 Å². The maximum absolute atomic E-state index is 12.7. The molecule has 4 aromatic rings. The van der Waals surface area contributed by atoms with Crippen LogP contribution in [0.5, 0.6) is 0 Å². The highest BCUT2D eigenvalue weighted by Gasteiger charge is 2.13. The molecule has 0 bridgehead atoms. The number of carbonyl (C=O) groups is 1. The van der Waals surface area contributed by atoms with E-state index in [1.807, 2.05) is 30.3 Å². The molecule has 0 atom stereocenters. The van der Waals surface area contributed by atoms with Crippen molar-refractivity contribution in [3.05, 3.63) is 83.8 Å². The van der Waals surface area contributed by atoms with E-state index in [4.69, 9.17) is 0 Å². The molecule has 0 aliphatic rings. The monoisotopic (exact) mass is 380 g/mol. The highest BCUT2D eigenvalue weighted by molar-refractivity contribution is 6.04. The maximum Gasteiger partial charge on any atom is 0.274 e. The van der Waals surface area contributed by atoms with Crippen molar-refractivity contribution < 1.29 is 4.79 Å². The summed E-state index contributed by atoms with van der Waals surface area (Å²) in [4.78, 5) is 25.8. The van der Waals surface area contributed by atoms with Gasteiger partial charge in [-0.05, 0) is 37.3 Å². The quantitative estimate of drug-likeness (QED) is 0.550. The third kappa shape index (κ3) is 3.87. The number of nitrogens with zero attached hydrogens (tertiary/aromatic N) is 4. The fraction of sp³-hybridized carbons (Fsp3) is 0.0455. The number of nitrogens with one attached hydrogen (secondary N) is 2. The van der Waals surface area contributed by atoms with E-state index in [1.165, 1.54) is 0 Å². The summed E-state index contributed by atoms with van der Waals surface area (Å²) in [6.07, 6.45) is 1.72. The lowest BCUT2D eigenvalue weighted by Crippen LogP contribution is -2.16. The normalized spacial score (nSPS) is 10.3. The zero-order chi connectivity index (χ0) is 20.2. The standard InChI is InChI=1S/C22H16N6O/c1-14-12-19(21(29)26-17-9-3-2-6-16(17)13-23)28-22(25-14)27-18-10-4-7-15-8-5-11-24-20(15)18/h2-12H,1H3,(H,26,29)(H,25,27,28). The Hall–Kier alpha value is -4.31. The third-order valence-electron chi connectivity index (χ3n) is 4.26. The molecule has 0 spiro atoms. The number of aryl methyl sites for hydroxylation is 1. The summed E-state index contributed by atoms with van der Waals surface area (Å²) in [5, 5.41) is 16.1. The molecule has 0 unspecified atom stereocenters. The van der Waals surface area contributed by atoms with Gasteiger partial charge in [-0.3, -0.25) is 9.78 Å². The minimum absolute atomic E-state index is 0.195. The van der Waals surface area contributed by atoms with Crippen LogP contribution in [0.3, 0.4) is 0 Å². The van der Waals surface area contributed by atoms with Crippen molar-refractivity contribution in [2.45, 2.75) is 6.92 Å². The lowest BCUT2D eigenvalue weighted by atomic mass is 10.2. The Labute approximate surface area is 167 Å². The molecule has 2 heterocycles. The summed E-state index contributed by atoms with van der Waals surface area (Å²) in [5.74, 6) is -0.126. The zero-order valence-corrected chi connectivity index (χ0v) is 15.5. The van der Waals surface area contributed by atoms with Crippen LogP contribution in [0.15, 0.2) is 66.9 Å². The van der Waals surface area contributed by atoms with Gasteiger partial charge in [0.05, 0.1) is 22.5 Å². The number of fused-ring (bicyclic) bond motifs is 1. The second-order valence-corrected chi connectivity index (χ2v) is 6.34. The van der Waals surface area contributed by atoms with Crippen molar-refractivity contribution in [2.75, 3.05) is 10.6 Å². The lowest BCUT2D eigenvalue weighted by molar-refractivity contribution is 0.102. The lowest BCUT2D eigenvalue weighted by Gasteiger charge is -2.11. The second-order valence-electron chi connectivity index (χ2n) is 6.34. The fourth-order valence-corrected chi connectivity index (χ4v) is 2.94. The van der Waals surface area contributed by atoms with E-state index >= 15 is 0 Å². The van der Waals surface area contributed by atoms with Gasteiger partial charge in [0.15, 0.2) is 0 Å². The van der Waals surface area contributed by atoms with Crippen molar-refractivity contribution in [3.8, 4) is 6.07 Å². The van der Waals surface area contributed by atoms with Crippen LogP contribution in [0.1, 0.15) is 21.7 Å². The molecule has 2 aromatic heterocycles. The van der Waals surface area contributed by atoms with Gasteiger partial charge in [0.25, 0.3) is 5.91 Å². The van der Waals surface area contributed by atoms with Gasteiger partial charge < -0.3 is 10.6 Å². The van der Waals surface area contributed by atoms with Gasteiger partial charge in [-0.25, -0.2) is 9.97 Å². The number of carbonyl (C=O) groups excluding carboxylic acids is 1. The molecule has 1 amide bonds. The predicted octanol–water partition coefficient (Wildman–Crippen LogP) is 4.20. The Kier molecular flexibility index (Phi) is 4.82. The summed E-state index contributed by atoms with van der Waals surface area (Å²) >= 11 is 0. The molecule has 140 valence electrons. The molecular weight excluding hydrogens is 364 g/mol. The Morgan fingerprint density at radius 3 is 2.66 bits per heavy atom. The number of nitriles is 1. The molecule has 0 aliphatic heterocycles. The second kappa shape index (κ2) is 7.74. The SMILES string of the molecule is Cc1cc(C(=O)Nc2ccccc2C#N)nc(Nc2cccc3cccnc23)n1. The number of benzene rings is 2. The maximum atomic E-state index is 12.7. The summed E-state index contributed by atoms with van der Waals surface area (Å²) < 4.78 is 0. The summed E-state index contributed by atoms with van der Waals surface area (Å²) in [5.41, 5.74) is 3.18. The number of pyridine rings is 1. The third-order valence-corrected chi connectivity index (χ3v) is 4.26. The van der Waals surface area contributed by atoms with Gasteiger partial charge in [0.2, 0.25) is 5.95 Å². The zero-order valence-electron chi connectivity index (χ0n) is 15.5. The van der Waals surface area contributed by atoms with Crippen LogP contribution in [0.2, 0.25) is 0 Å². The Bertz CT molecular complexity index is 1260. The molecule has 0 aliphatic carbocycles. The molecule has 0 fully saturated rings. The molecular formula is C22H16N6O. The van der Waals surface area contributed by atoms with Gasteiger partial charge in [-0.1, -0.05) is 30.3 Å². The fourth-order valence-electron chi connectivity index (χ4n) is 2.94. The number of hydrogen-bond donors (Lipinski definition) is 2. The molecule has 29 heavy (non-hydrogen) atoms. The van der Waals surface area contributed by atoms with Gasteiger partial charge >= 0.3 is 0 Å². The Morgan fingerprint density at radius 2 is 1.79 bits per heavy atom. The van der Waals surface area contributed by atoms with Crippen LogP contribution in [0.25, 0.3) is 10.9 Å². The van der Waals surface area contributed by atoms with E-state index < -0.39 is 5.91 Å². The molecule has 0 saturated heterocycles. The van der Waals surface area contributed by atoms with E-state index in [2.05, 4.69) is 31.7 Å². The van der Waals surface area contributed by atoms with Gasteiger partial charge in [0, 0.05) is 17.3 Å². The van der Waals surface area contributed by atoms with E-state index in [1.54, 1.807) is 43.5 Å². The predicted molar refractivity (Wildman–Crippen MR) is 111 cm³/mol. The van der Waals surface area contributed by atoms with Crippen LogP contribution in [-0.4, -0.2) is 20.9 Å². The first-order valence-electron chi connectivity index (χ1n) is 8.91. The van der Waals surface area contributed by atoms with Crippen LogP contribution in [0.4, 0.5) is 17.3 Å². The summed E-state index contributed by atoms with van der Waals surface area (Å²) in [6, 6.07) is 20.1. The molecule has 7 nitrogen and oxygen atoms in total. The molecule has 0 saturated carbocycles. The highest BCUT2D eigenvalue weighted by Crippen LogP contribution is 2.23. The highest BCUT2D eigenvalue weighted by atomic mass is 16.1. The first-order valence-corrected chi connectivity index (χ1v) is 8.91. The minimum atomic E-state index is -0.419. The molecule has 2 aromatic carbocycles. The Balaban J connectivity index is 1.64. The van der Waals surface area contributed by atoms with Crippen molar-refractivity contribution in [1.82, 2.24) is 15.0 Å².